The molecule has 1 saturated heterocycles. The molecule has 7 nitrogen and oxygen atoms in total. The Morgan fingerprint density at radius 2 is 1.85 bits per heavy atom. The van der Waals surface area contributed by atoms with E-state index in [1.54, 1.807) is 29.2 Å². The lowest BCUT2D eigenvalue weighted by Crippen LogP contribution is -2.24. The summed E-state index contributed by atoms with van der Waals surface area (Å²) in [5.41, 5.74) is 2.49. The molecule has 1 fully saturated rings. The number of nitrogens with one attached hydrogen (secondary N) is 1. The molecule has 7 heteroatoms. The van der Waals surface area contributed by atoms with Gasteiger partial charge in [0.15, 0.2) is 0 Å². The molecule has 27 heavy (non-hydrogen) atoms. The van der Waals surface area contributed by atoms with Crippen molar-refractivity contribution in [2.24, 2.45) is 0 Å². The highest BCUT2D eigenvalue weighted by molar-refractivity contribution is 6.03. The summed E-state index contributed by atoms with van der Waals surface area (Å²) in [6, 6.07) is 16.6. The normalized spacial score (nSPS) is 16.6. The SMILES string of the molecule is Cc1ccc(N2CC(c3nnc(NC(=O)c4ccccc4)o3)CC2=O)cc1. The van der Waals surface area contributed by atoms with Crippen LogP contribution in [0.2, 0.25) is 0 Å². The number of aryl methyl sites for hydroxylation is 1. The van der Waals surface area contributed by atoms with Crippen LogP contribution in [0.4, 0.5) is 11.7 Å². The van der Waals surface area contributed by atoms with Crippen LogP contribution in [0, 0.1) is 6.92 Å². The molecule has 1 aliphatic heterocycles. The van der Waals surface area contributed by atoms with Crippen LogP contribution in [0.5, 0.6) is 0 Å². The molecule has 1 aromatic heterocycles. The predicted octanol–water partition coefficient (Wildman–Crippen LogP) is 3.15. The fourth-order valence-corrected chi connectivity index (χ4v) is 3.06. The first-order valence-corrected chi connectivity index (χ1v) is 8.67. The number of carbonyl (C=O) groups is 2. The van der Waals surface area contributed by atoms with E-state index in [1.165, 1.54) is 0 Å². The van der Waals surface area contributed by atoms with E-state index in [-0.39, 0.29) is 23.7 Å². The van der Waals surface area contributed by atoms with Crippen molar-refractivity contribution in [3.63, 3.8) is 0 Å². The van der Waals surface area contributed by atoms with Gasteiger partial charge in [0.05, 0.1) is 5.92 Å². The molecule has 1 N–H and O–H groups in total. The highest BCUT2D eigenvalue weighted by Gasteiger charge is 2.35. The highest BCUT2D eigenvalue weighted by atomic mass is 16.4. The molecule has 1 atom stereocenters. The molecule has 136 valence electrons. The Kier molecular flexibility index (Phi) is 4.42. The summed E-state index contributed by atoms with van der Waals surface area (Å²) in [6.45, 7) is 2.47. The molecular formula is C20H18N4O3. The van der Waals surface area contributed by atoms with Crippen molar-refractivity contribution in [2.45, 2.75) is 19.3 Å². The first-order chi connectivity index (χ1) is 13.1. The second-order valence-electron chi connectivity index (χ2n) is 6.51. The summed E-state index contributed by atoms with van der Waals surface area (Å²) in [5.74, 6) is -0.165. The molecule has 1 unspecified atom stereocenters. The number of hydrogen-bond acceptors (Lipinski definition) is 5. The quantitative estimate of drug-likeness (QED) is 0.770. The summed E-state index contributed by atoms with van der Waals surface area (Å²) < 4.78 is 5.58. The Morgan fingerprint density at radius 3 is 2.59 bits per heavy atom. The monoisotopic (exact) mass is 362 g/mol. The largest absolute Gasteiger partial charge is 0.407 e. The number of benzene rings is 2. The number of rotatable bonds is 4. The van der Waals surface area contributed by atoms with Crippen molar-refractivity contribution < 1.29 is 14.0 Å². The van der Waals surface area contributed by atoms with Crippen LogP contribution in [0.25, 0.3) is 0 Å². The maximum atomic E-state index is 12.4. The maximum absolute atomic E-state index is 12.4. The van der Waals surface area contributed by atoms with Crippen LogP contribution in [0.1, 0.15) is 34.2 Å². The van der Waals surface area contributed by atoms with Crippen molar-refractivity contribution in [1.29, 1.82) is 0 Å². The van der Waals surface area contributed by atoms with Gasteiger partial charge in [0.25, 0.3) is 5.91 Å². The maximum Gasteiger partial charge on any atom is 0.322 e. The zero-order valence-electron chi connectivity index (χ0n) is 14.8. The van der Waals surface area contributed by atoms with E-state index in [1.807, 2.05) is 37.3 Å². The van der Waals surface area contributed by atoms with E-state index in [4.69, 9.17) is 4.42 Å². The van der Waals surface area contributed by atoms with Gasteiger partial charge >= 0.3 is 6.01 Å². The van der Waals surface area contributed by atoms with E-state index in [9.17, 15) is 9.59 Å². The van der Waals surface area contributed by atoms with Crippen LogP contribution >= 0.6 is 0 Å². The molecule has 4 rings (SSSR count). The van der Waals surface area contributed by atoms with Crippen LogP contribution in [-0.2, 0) is 4.79 Å². The second-order valence-corrected chi connectivity index (χ2v) is 6.51. The Morgan fingerprint density at radius 1 is 1.11 bits per heavy atom. The number of amides is 2. The molecule has 2 amide bonds. The van der Waals surface area contributed by atoms with Gasteiger partial charge in [-0.1, -0.05) is 41.0 Å². The third-order valence-corrected chi connectivity index (χ3v) is 4.52. The summed E-state index contributed by atoms with van der Waals surface area (Å²) in [4.78, 5) is 26.3. The van der Waals surface area contributed by atoms with Gasteiger partial charge in [-0.25, -0.2) is 0 Å². The predicted molar refractivity (Wildman–Crippen MR) is 99.6 cm³/mol. The van der Waals surface area contributed by atoms with E-state index in [0.29, 0.717) is 24.4 Å². The molecule has 0 radical (unpaired) electrons. The van der Waals surface area contributed by atoms with E-state index in [0.717, 1.165) is 11.3 Å². The van der Waals surface area contributed by atoms with Gasteiger partial charge < -0.3 is 9.32 Å². The minimum atomic E-state index is -0.324. The van der Waals surface area contributed by atoms with Gasteiger partial charge in [-0.05, 0) is 31.2 Å². The third kappa shape index (κ3) is 3.57. The molecule has 0 saturated carbocycles. The fraction of sp³-hybridized carbons (Fsp3) is 0.200. The minimum absolute atomic E-state index is 0.0110. The average molecular weight is 362 g/mol. The smallest absolute Gasteiger partial charge is 0.322 e. The molecular weight excluding hydrogens is 344 g/mol. The number of anilines is 2. The molecule has 0 bridgehead atoms. The topological polar surface area (TPSA) is 88.3 Å². The van der Waals surface area contributed by atoms with Crippen molar-refractivity contribution in [3.8, 4) is 0 Å². The van der Waals surface area contributed by atoms with E-state index >= 15 is 0 Å². The van der Waals surface area contributed by atoms with E-state index in [2.05, 4.69) is 15.5 Å². The summed E-state index contributed by atoms with van der Waals surface area (Å²) >= 11 is 0. The lowest BCUT2D eigenvalue weighted by Gasteiger charge is -2.16. The first kappa shape index (κ1) is 17.0. The average Bonchev–Trinajstić information content (AvgIpc) is 3.30. The third-order valence-electron chi connectivity index (χ3n) is 4.52. The van der Waals surface area contributed by atoms with Gasteiger partial charge in [0.1, 0.15) is 0 Å². The highest BCUT2D eigenvalue weighted by Crippen LogP contribution is 2.31. The Labute approximate surface area is 156 Å². The van der Waals surface area contributed by atoms with Gasteiger partial charge in [-0.3, -0.25) is 14.9 Å². The van der Waals surface area contributed by atoms with Gasteiger partial charge in [0.2, 0.25) is 11.8 Å². The summed E-state index contributed by atoms with van der Waals surface area (Å²) in [6.07, 6.45) is 0.294. The standard InChI is InChI=1S/C20H18N4O3/c1-13-7-9-16(10-8-13)24-12-15(11-17(24)25)19-22-23-20(27-19)21-18(26)14-5-3-2-4-6-14/h2-10,15H,11-12H2,1H3,(H,21,23,26). The first-order valence-electron chi connectivity index (χ1n) is 8.67. The van der Waals surface area contributed by atoms with Crippen molar-refractivity contribution in [2.75, 3.05) is 16.8 Å². The van der Waals surface area contributed by atoms with Crippen molar-refractivity contribution in [3.05, 3.63) is 71.6 Å². The van der Waals surface area contributed by atoms with Gasteiger partial charge in [-0.15, -0.1) is 5.10 Å². The molecule has 0 spiro atoms. The van der Waals surface area contributed by atoms with Crippen LogP contribution in [0.15, 0.2) is 59.0 Å². The molecule has 0 aliphatic carbocycles. The zero-order chi connectivity index (χ0) is 18.8. The van der Waals surface area contributed by atoms with E-state index < -0.39 is 0 Å². The van der Waals surface area contributed by atoms with Crippen molar-refractivity contribution >= 4 is 23.5 Å². The zero-order valence-corrected chi connectivity index (χ0v) is 14.8. The Bertz CT molecular complexity index is 966. The molecule has 2 aromatic carbocycles. The Balaban J connectivity index is 1.45. The van der Waals surface area contributed by atoms with Gasteiger partial charge in [0, 0.05) is 24.2 Å². The minimum Gasteiger partial charge on any atom is -0.407 e. The van der Waals surface area contributed by atoms with Gasteiger partial charge in [-0.2, -0.15) is 0 Å². The van der Waals surface area contributed by atoms with Crippen LogP contribution in [-0.4, -0.2) is 28.6 Å². The second kappa shape index (κ2) is 7.03. The summed E-state index contributed by atoms with van der Waals surface area (Å²) in [5, 5.41) is 10.5. The fourth-order valence-electron chi connectivity index (χ4n) is 3.06. The van der Waals surface area contributed by atoms with Crippen LogP contribution < -0.4 is 10.2 Å². The lowest BCUT2D eigenvalue weighted by molar-refractivity contribution is -0.117. The molecule has 1 aliphatic rings. The number of carbonyl (C=O) groups excluding carboxylic acids is 2. The number of hydrogen-bond donors (Lipinski definition) is 1. The Hall–Kier alpha value is -3.48. The molecule has 2 heterocycles. The summed E-state index contributed by atoms with van der Waals surface area (Å²) in [7, 11) is 0. The van der Waals surface area contributed by atoms with Crippen LogP contribution in [0.3, 0.4) is 0 Å². The number of aromatic nitrogens is 2. The molecule has 3 aromatic rings. The van der Waals surface area contributed by atoms with Crippen molar-refractivity contribution in [1.82, 2.24) is 10.2 Å². The number of nitrogens with zero attached hydrogens (tertiary/aromatic N) is 3. The lowest BCUT2D eigenvalue weighted by atomic mass is 10.1.